The predicted octanol–water partition coefficient (Wildman–Crippen LogP) is 11.0. The summed E-state index contributed by atoms with van der Waals surface area (Å²) in [5.74, 6) is -0.135. The van der Waals surface area contributed by atoms with Gasteiger partial charge in [0.2, 0.25) is 29.5 Å². The van der Waals surface area contributed by atoms with E-state index in [0.717, 1.165) is 83.5 Å². The van der Waals surface area contributed by atoms with Crippen LogP contribution in [0.1, 0.15) is 104 Å². The summed E-state index contributed by atoms with van der Waals surface area (Å²) in [5, 5.41) is 12.4. The van der Waals surface area contributed by atoms with Gasteiger partial charge >= 0.3 is 0 Å². The molecular formula is C61H73FN8O8S. The van der Waals surface area contributed by atoms with E-state index in [1.54, 1.807) is 66.8 Å². The van der Waals surface area contributed by atoms with Crippen molar-refractivity contribution >= 4 is 68.8 Å². The maximum atomic E-state index is 14.0. The van der Waals surface area contributed by atoms with Gasteiger partial charge in [0.15, 0.2) is 0 Å². The van der Waals surface area contributed by atoms with Crippen molar-refractivity contribution in [2.24, 2.45) is 10.8 Å². The zero-order valence-corrected chi connectivity index (χ0v) is 47.1. The number of thiazole rings is 1. The first-order chi connectivity index (χ1) is 38.0. The molecule has 4 aromatic carbocycles. The molecule has 0 radical (unpaired) electrons. The van der Waals surface area contributed by atoms with Crippen LogP contribution < -0.4 is 35.6 Å². The molecule has 2 aromatic heterocycles. The average Bonchev–Trinajstić information content (AvgIpc) is 4.28. The molecule has 418 valence electrons. The highest BCUT2D eigenvalue weighted by atomic mass is 32.1. The Morgan fingerprint density at radius 2 is 1.51 bits per heavy atom. The number of unbranched alkanes of at least 4 members (excludes halogenated alkanes) is 3. The summed E-state index contributed by atoms with van der Waals surface area (Å²) in [6.07, 6.45) is 8.02. The number of halogens is 1. The number of ether oxygens (including phenoxy) is 3. The van der Waals surface area contributed by atoms with Gasteiger partial charge in [0, 0.05) is 62.2 Å². The van der Waals surface area contributed by atoms with E-state index in [0.29, 0.717) is 74.0 Å². The van der Waals surface area contributed by atoms with Crippen molar-refractivity contribution in [1.82, 2.24) is 25.5 Å². The Bertz CT molecular complexity index is 3080. The summed E-state index contributed by atoms with van der Waals surface area (Å²) in [6, 6.07) is 24.6. The number of pyridine rings is 1. The van der Waals surface area contributed by atoms with Crippen LogP contribution in [0.25, 0.3) is 21.3 Å². The number of benzene rings is 4. The van der Waals surface area contributed by atoms with Gasteiger partial charge in [0.25, 0.3) is 0 Å². The number of carbonyl (C=O) groups excluding carboxylic acids is 5. The number of hydrogen-bond acceptors (Lipinski definition) is 12. The predicted molar refractivity (Wildman–Crippen MR) is 307 cm³/mol. The maximum Gasteiger partial charge on any atom is 0.246 e. The molecule has 8 rings (SSSR count). The Morgan fingerprint density at radius 1 is 0.848 bits per heavy atom. The Balaban J connectivity index is 0.735. The number of methoxy groups -OCH3 is 1. The number of rotatable bonds is 24. The van der Waals surface area contributed by atoms with E-state index in [1.807, 2.05) is 76.5 Å². The Morgan fingerprint density at radius 3 is 2.11 bits per heavy atom. The van der Waals surface area contributed by atoms with Gasteiger partial charge in [-0.25, -0.2) is 9.37 Å². The molecule has 2 aliphatic rings. The van der Waals surface area contributed by atoms with Crippen molar-refractivity contribution in [2.45, 2.75) is 124 Å². The monoisotopic (exact) mass is 1100 g/mol. The molecule has 0 bridgehead atoms. The summed E-state index contributed by atoms with van der Waals surface area (Å²) in [7, 11) is 1.65. The van der Waals surface area contributed by atoms with Crippen molar-refractivity contribution in [3.63, 3.8) is 0 Å². The van der Waals surface area contributed by atoms with E-state index >= 15 is 0 Å². The second-order valence-electron chi connectivity index (χ2n) is 21.5. The number of hydrogen-bond donors (Lipinski definition) is 4. The number of fused-ring (bicyclic) bond motifs is 1. The highest BCUT2D eigenvalue weighted by molar-refractivity contribution is 7.13. The Hall–Kier alpha value is -7.44. The lowest BCUT2D eigenvalue weighted by Crippen LogP contribution is -2.58. The van der Waals surface area contributed by atoms with Crippen molar-refractivity contribution in [2.75, 3.05) is 48.9 Å². The highest BCUT2D eigenvalue weighted by Gasteiger charge is 2.56. The minimum atomic E-state index is -1.18. The van der Waals surface area contributed by atoms with Crippen LogP contribution in [0.4, 0.5) is 21.5 Å². The topological polar surface area (TPSA) is 193 Å². The Labute approximate surface area is 466 Å². The first-order valence-electron chi connectivity index (χ1n) is 27.3. The number of aromatic nitrogens is 2. The smallest absolute Gasteiger partial charge is 0.246 e. The first kappa shape index (κ1) is 57.7. The fourth-order valence-corrected chi connectivity index (χ4v) is 10.7. The van der Waals surface area contributed by atoms with Gasteiger partial charge in [0.05, 0.1) is 40.5 Å². The fourth-order valence-electron chi connectivity index (χ4n) is 9.84. The second kappa shape index (κ2) is 26.0. The van der Waals surface area contributed by atoms with Gasteiger partial charge in [-0.3, -0.25) is 29.0 Å². The van der Waals surface area contributed by atoms with E-state index in [4.69, 9.17) is 14.2 Å². The van der Waals surface area contributed by atoms with Gasteiger partial charge in [-0.15, -0.1) is 11.3 Å². The SMILES string of the molecule is CCN(C(=O)[C@@H](NC(=O)CCCCCCOC1CCN(c2cc3nccc(Oc4ccc(NC(=O)C5(C(=O)Nc6ccc(F)cc6)CC5)cc4)c3cc2OC)CC1)C(C)(C)C)[C@@H](C)C(=O)NCc1ccc(-c2scnc2C)cc1. The number of amides is 5. The van der Waals surface area contributed by atoms with Crippen LogP contribution in [0.15, 0.2) is 103 Å². The molecule has 1 aliphatic carbocycles. The van der Waals surface area contributed by atoms with Crippen molar-refractivity contribution in [3.8, 4) is 27.7 Å². The number of anilines is 3. The summed E-state index contributed by atoms with van der Waals surface area (Å²) in [6.45, 7) is 14.2. The standard InChI is InChI=1S/C61H73FN8O8S/c1-8-70(40(3)56(72)64-37-41-14-16-42(17-15-41)54-39(2)65-38-79-54)57(73)55(60(4,5)6)68-53(71)13-11-9-10-12-34-77-46-27-32-69(33-28-46)50-36-49-48(35-52(50)76-7)51(26-31-63-49)78-47-24-22-45(23-25-47)67-59(75)61(29-30-61)58(74)66-44-20-18-43(62)19-21-44/h14-26,31,35-36,38,40,46,55H,8-13,27-30,32-34,37H2,1-7H3,(H,64,72)(H,66,74)(H,67,75)(H,68,71)/t40-,55+/m0/s1. The van der Waals surface area contributed by atoms with Gasteiger partial charge in [0.1, 0.15) is 40.6 Å². The van der Waals surface area contributed by atoms with Crippen LogP contribution in [0.2, 0.25) is 0 Å². The normalized spacial score (nSPS) is 14.9. The van der Waals surface area contributed by atoms with Gasteiger partial charge in [-0.2, -0.15) is 0 Å². The third-order valence-electron chi connectivity index (χ3n) is 14.8. The molecule has 1 aliphatic heterocycles. The molecule has 5 amide bonds. The lowest BCUT2D eigenvalue weighted by Gasteiger charge is -2.36. The van der Waals surface area contributed by atoms with E-state index in [-0.39, 0.29) is 23.8 Å². The molecule has 16 nitrogen and oxygen atoms in total. The zero-order valence-electron chi connectivity index (χ0n) is 46.3. The molecule has 0 spiro atoms. The van der Waals surface area contributed by atoms with E-state index in [1.165, 1.54) is 24.3 Å². The first-order valence-corrected chi connectivity index (χ1v) is 28.2. The Kier molecular flexibility index (Phi) is 19.0. The number of aryl methyl sites for hydroxylation is 1. The van der Waals surface area contributed by atoms with Crippen molar-refractivity contribution in [3.05, 3.63) is 120 Å². The maximum absolute atomic E-state index is 14.0. The molecule has 2 atom stereocenters. The lowest BCUT2D eigenvalue weighted by atomic mass is 9.85. The summed E-state index contributed by atoms with van der Waals surface area (Å²) in [4.78, 5) is 80.9. The van der Waals surface area contributed by atoms with Gasteiger partial charge < -0.3 is 45.3 Å². The summed E-state index contributed by atoms with van der Waals surface area (Å²) in [5.41, 5.74) is 5.71. The molecule has 2 fully saturated rings. The van der Waals surface area contributed by atoms with E-state index in [9.17, 15) is 28.4 Å². The van der Waals surface area contributed by atoms with Gasteiger partial charge in [-0.05, 0) is 143 Å². The van der Waals surface area contributed by atoms with Crippen LogP contribution >= 0.6 is 11.3 Å². The number of nitrogens with zero attached hydrogens (tertiary/aromatic N) is 4. The lowest BCUT2D eigenvalue weighted by molar-refractivity contribution is -0.145. The average molecular weight is 1100 g/mol. The molecule has 0 unspecified atom stereocenters. The van der Waals surface area contributed by atoms with Gasteiger partial charge in [-0.1, -0.05) is 57.9 Å². The van der Waals surface area contributed by atoms with Crippen LogP contribution in [0.5, 0.6) is 17.2 Å². The van der Waals surface area contributed by atoms with Crippen molar-refractivity contribution in [1.29, 1.82) is 0 Å². The molecule has 1 saturated carbocycles. The third-order valence-corrected chi connectivity index (χ3v) is 15.8. The number of piperidine rings is 1. The van der Waals surface area contributed by atoms with E-state index < -0.39 is 40.5 Å². The molecule has 1 saturated heterocycles. The number of carbonyl (C=O) groups is 5. The minimum Gasteiger partial charge on any atom is -0.495 e. The summed E-state index contributed by atoms with van der Waals surface area (Å²) < 4.78 is 31.9. The van der Waals surface area contributed by atoms with Crippen molar-refractivity contribution < 1.29 is 42.6 Å². The molecule has 3 heterocycles. The third kappa shape index (κ3) is 14.6. The molecule has 6 aromatic rings. The molecule has 18 heteroatoms. The van der Waals surface area contributed by atoms with Crippen LogP contribution in [0, 0.1) is 23.6 Å². The van der Waals surface area contributed by atoms with E-state index in [2.05, 4.69) is 36.1 Å². The highest BCUT2D eigenvalue weighted by Crippen LogP contribution is 2.48. The quantitative estimate of drug-likeness (QED) is 0.0333. The zero-order chi connectivity index (χ0) is 56.3. The van der Waals surface area contributed by atoms with Crippen LogP contribution in [-0.4, -0.2) is 95.9 Å². The molecule has 79 heavy (non-hydrogen) atoms. The van der Waals surface area contributed by atoms with Crippen LogP contribution in [-0.2, 0) is 35.3 Å². The molecule has 4 N–H and O–H groups in total. The number of nitrogens with one attached hydrogen (secondary N) is 4. The van der Waals surface area contributed by atoms with Crippen LogP contribution in [0.3, 0.4) is 0 Å². The second-order valence-corrected chi connectivity index (χ2v) is 22.4. The number of likely N-dealkylation sites (N-methyl/N-ethyl adjacent to an activating group) is 1. The minimum absolute atomic E-state index is 0.133. The molecular weight excluding hydrogens is 1020 g/mol. The fraction of sp³-hybridized carbons (Fsp3) is 0.426. The summed E-state index contributed by atoms with van der Waals surface area (Å²) >= 11 is 1.59. The largest absolute Gasteiger partial charge is 0.495 e.